The number of β-amino-alcohol motifs (C(OH)–C–C–N with tert-alkyl or cyclic N) is 1. The van der Waals surface area contributed by atoms with E-state index in [-0.39, 0.29) is 12.0 Å². The van der Waals surface area contributed by atoms with Crippen molar-refractivity contribution in [2.24, 2.45) is 0 Å². The minimum absolute atomic E-state index is 0.108. The highest BCUT2D eigenvalue weighted by Crippen LogP contribution is 2.28. The average Bonchev–Trinajstić information content (AvgIpc) is 2.82. The maximum Gasteiger partial charge on any atom is 0.410 e. The summed E-state index contributed by atoms with van der Waals surface area (Å²) < 4.78 is 9.51. The monoisotopic (exact) mass is 270 g/mol. The first-order valence-electron chi connectivity index (χ1n) is 5.93. The summed E-state index contributed by atoms with van der Waals surface area (Å²) in [6.07, 6.45) is -0.945. The smallest absolute Gasteiger partial charge is 0.410 e. The van der Waals surface area contributed by atoms with Crippen LogP contribution in [0.5, 0.6) is 0 Å². The Bertz CT molecular complexity index is 413. The minimum atomic E-state index is -0.570. The molecule has 1 amide bonds. The maximum absolute atomic E-state index is 11.9. The van der Waals surface area contributed by atoms with E-state index in [0.29, 0.717) is 13.1 Å². The summed E-state index contributed by atoms with van der Waals surface area (Å²) in [6.45, 7) is 6.25. The Morgan fingerprint density at radius 2 is 2.28 bits per heavy atom. The predicted molar refractivity (Wildman–Crippen MR) is 68.7 cm³/mol. The zero-order chi connectivity index (χ0) is 13.3. The normalized spacial score (nSPS) is 24.3. The lowest BCUT2D eigenvalue weighted by atomic mass is 10.0. The molecule has 0 radical (unpaired) electrons. The highest BCUT2D eigenvalue weighted by molar-refractivity contribution is 7.03. The van der Waals surface area contributed by atoms with Gasteiger partial charge in [-0.05, 0) is 38.4 Å². The lowest BCUT2D eigenvalue weighted by molar-refractivity contribution is 0.0270. The molecule has 1 fully saturated rings. The third kappa shape index (κ3) is 3.00. The Morgan fingerprint density at radius 1 is 1.56 bits per heavy atom. The fourth-order valence-corrected chi connectivity index (χ4v) is 2.55. The molecule has 0 bridgehead atoms. The molecule has 6 heteroatoms. The number of hydrogen-bond donors (Lipinski definition) is 1. The topological polar surface area (TPSA) is 62.7 Å². The molecule has 0 unspecified atom stereocenters. The van der Waals surface area contributed by atoms with Gasteiger partial charge >= 0.3 is 6.09 Å². The Morgan fingerprint density at radius 3 is 2.83 bits per heavy atom. The van der Waals surface area contributed by atoms with E-state index in [0.717, 1.165) is 5.69 Å². The number of carbonyl (C=O) groups is 1. The molecule has 2 heterocycles. The zero-order valence-electron chi connectivity index (χ0n) is 10.8. The summed E-state index contributed by atoms with van der Waals surface area (Å²) >= 11 is 1.35. The summed E-state index contributed by atoms with van der Waals surface area (Å²) in [6, 6.07) is 1.89. The van der Waals surface area contributed by atoms with Crippen LogP contribution in [0.4, 0.5) is 4.79 Å². The molecule has 1 aromatic heterocycles. The van der Waals surface area contributed by atoms with E-state index in [9.17, 15) is 9.90 Å². The van der Waals surface area contributed by atoms with Gasteiger partial charge in [0.25, 0.3) is 0 Å². The molecule has 1 N–H and O–H groups in total. The van der Waals surface area contributed by atoms with Gasteiger partial charge < -0.3 is 14.7 Å². The number of likely N-dealkylation sites (tertiary alicyclic amines) is 1. The van der Waals surface area contributed by atoms with Gasteiger partial charge in [-0.1, -0.05) is 0 Å². The van der Waals surface area contributed by atoms with E-state index in [1.807, 2.05) is 32.2 Å². The molecule has 100 valence electrons. The fourth-order valence-electron chi connectivity index (χ4n) is 1.97. The van der Waals surface area contributed by atoms with Crippen LogP contribution >= 0.6 is 11.5 Å². The lowest BCUT2D eigenvalue weighted by Crippen LogP contribution is -2.35. The van der Waals surface area contributed by atoms with Crippen LogP contribution in [0.3, 0.4) is 0 Å². The Balaban J connectivity index is 2.00. The molecule has 2 atom stereocenters. The molecule has 0 spiro atoms. The molecular formula is C12H18N2O3S. The number of hydrogen-bond acceptors (Lipinski definition) is 5. The number of aromatic nitrogens is 1. The number of carbonyl (C=O) groups excluding carboxylic acids is 1. The largest absolute Gasteiger partial charge is 0.444 e. The van der Waals surface area contributed by atoms with Crippen molar-refractivity contribution in [3.8, 4) is 0 Å². The molecular weight excluding hydrogens is 252 g/mol. The second-order valence-corrected chi connectivity index (χ2v) is 6.15. The Hall–Kier alpha value is -1.14. The molecule has 0 aliphatic carbocycles. The van der Waals surface area contributed by atoms with Crippen molar-refractivity contribution in [3.05, 3.63) is 17.1 Å². The van der Waals surface area contributed by atoms with Crippen LogP contribution < -0.4 is 0 Å². The van der Waals surface area contributed by atoms with Crippen molar-refractivity contribution in [1.82, 2.24) is 9.27 Å². The van der Waals surface area contributed by atoms with Crippen LogP contribution in [0.25, 0.3) is 0 Å². The summed E-state index contributed by atoms with van der Waals surface area (Å²) in [4.78, 5) is 13.4. The first-order valence-corrected chi connectivity index (χ1v) is 6.77. The molecule has 18 heavy (non-hydrogen) atoms. The van der Waals surface area contributed by atoms with Gasteiger partial charge in [0.05, 0.1) is 18.3 Å². The second-order valence-electron chi connectivity index (χ2n) is 5.48. The second kappa shape index (κ2) is 4.85. The van der Waals surface area contributed by atoms with E-state index in [1.165, 1.54) is 11.5 Å². The summed E-state index contributed by atoms with van der Waals surface area (Å²) in [5.41, 5.74) is 0.333. The van der Waals surface area contributed by atoms with Crippen molar-refractivity contribution in [1.29, 1.82) is 0 Å². The van der Waals surface area contributed by atoms with E-state index < -0.39 is 11.7 Å². The lowest BCUT2D eigenvalue weighted by Gasteiger charge is -2.24. The third-order valence-electron chi connectivity index (χ3n) is 2.78. The summed E-state index contributed by atoms with van der Waals surface area (Å²) in [5, 5.41) is 11.9. The van der Waals surface area contributed by atoms with Crippen LogP contribution in [-0.4, -0.2) is 45.3 Å². The van der Waals surface area contributed by atoms with Crippen LogP contribution in [0, 0.1) is 0 Å². The van der Waals surface area contributed by atoms with Gasteiger partial charge in [0, 0.05) is 17.8 Å². The van der Waals surface area contributed by atoms with Gasteiger partial charge in [-0.25, -0.2) is 4.79 Å². The van der Waals surface area contributed by atoms with Gasteiger partial charge in [-0.2, -0.15) is 4.37 Å². The predicted octanol–water partition coefficient (Wildman–Crippen LogP) is 1.84. The van der Waals surface area contributed by atoms with E-state index in [2.05, 4.69) is 4.37 Å². The van der Waals surface area contributed by atoms with Crippen LogP contribution in [0.15, 0.2) is 11.4 Å². The average molecular weight is 270 g/mol. The summed E-state index contributed by atoms with van der Waals surface area (Å²) in [7, 11) is 0. The van der Waals surface area contributed by atoms with Crippen molar-refractivity contribution in [2.75, 3.05) is 13.1 Å². The number of ether oxygens (including phenoxy) is 1. The van der Waals surface area contributed by atoms with Gasteiger partial charge in [0.1, 0.15) is 5.60 Å². The molecule has 0 aromatic carbocycles. The molecule has 1 saturated heterocycles. The van der Waals surface area contributed by atoms with Crippen molar-refractivity contribution in [3.63, 3.8) is 0 Å². The highest BCUT2D eigenvalue weighted by Gasteiger charge is 2.37. The van der Waals surface area contributed by atoms with Crippen molar-refractivity contribution < 1.29 is 14.6 Å². The zero-order valence-corrected chi connectivity index (χ0v) is 11.6. The molecule has 2 rings (SSSR count). The van der Waals surface area contributed by atoms with Gasteiger partial charge in [0.15, 0.2) is 0 Å². The number of nitrogens with zero attached hydrogens (tertiary/aromatic N) is 2. The number of aliphatic hydroxyl groups is 1. The van der Waals surface area contributed by atoms with E-state index in [4.69, 9.17) is 4.74 Å². The van der Waals surface area contributed by atoms with Gasteiger partial charge in [0.2, 0.25) is 0 Å². The highest BCUT2D eigenvalue weighted by atomic mass is 32.1. The quantitative estimate of drug-likeness (QED) is 0.845. The fraction of sp³-hybridized carbons (Fsp3) is 0.667. The first kappa shape index (κ1) is 13.3. The number of aliphatic hydroxyl groups excluding tert-OH is 1. The van der Waals surface area contributed by atoms with Gasteiger partial charge in [-0.15, -0.1) is 0 Å². The Kier molecular flexibility index (Phi) is 3.59. The molecule has 1 aliphatic heterocycles. The minimum Gasteiger partial charge on any atom is -0.444 e. The number of amides is 1. The third-order valence-corrected chi connectivity index (χ3v) is 3.35. The van der Waals surface area contributed by atoms with Crippen molar-refractivity contribution in [2.45, 2.75) is 38.4 Å². The molecule has 1 aliphatic rings. The summed E-state index contributed by atoms with van der Waals surface area (Å²) in [5.74, 6) is -0.108. The van der Waals surface area contributed by atoms with Crippen LogP contribution in [0.1, 0.15) is 32.4 Å². The molecule has 1 aromatic rings. The molecule has 5 nitrogen and oxygen atoms in total. The van der Waals surface area contributed by atoms with Crippen LogP contribution in [-0.2, 0) is 4.74 Å². The SMILES string of the molecule is CC(C)(C)OC(=O)N1C[C@@H](O)[C@H](c2ccsn2)C1. The van der Waals surface area contributed by atoms with Crippen LogP contribution in [0.2, 0.25) is 0 Å². The van der Waals surface area contributed by atoms with E-state index in [1.54, 1.807) is 4.90 Å². The van der Waals surface area contributed by atoms with Gasteiger partial charge in [-0.3, -0.25) is 0 Å². The van der Waals surface area contributed by atoms with Crippen molar-refractivity contribution >= 4 is 17.6 Å². The van der Waals surface area contributed by atoms with E-state index >= 15 is 0 Å². The first-order chi connectivity index (χ1) is 8.37. The standard InChI is InChI=1S/C12H18N2O3S/c1-12(2,3)17-11(16)14-6-8(10(15)7-14)9-4-5-18-13-9/h4-5,8,10,15H,6-7H2,1-3H3/t8-,10+/m0/s1. The number of rotatable bonds is 1. The maximum atomic E-state index is 11.9. The Labute approximate surface area is 111 Å². The molecule has 0 saturated carbocycles.